The Kier molecular flexibility index (Phi) is 4.22. The maximum atomic E-state index is 13.5. The Labute approximate surface area is 174 Å². The second-order valence-electron chi connectivity index (χ2n) is 8.37. The van der Waals surface area contributed by atoms with Crippen molar-refractivity contribution in [1.29, 1.82) is 0 Å². The van der Waals surface area contributed by atoms with Crippen molar-refractivity contribution < 1.29 is 19.8 Å². The van der Waals surface area contributed by atoms with Crippen LogP contribution >= 0.6 is 0 Å². The van der Waals surface area contributed by atoms with Crippen molar-refractivity contribution in [2.45, 2.75) is 37.3 Å². The van der Waals surface area contributed by atoms with Crippen LogP contribution in [0, 0.1) is 5.92 Å². The first-order chi connectivity index (χ1) is 14.5. The summed E-state index contributed by atoms with van der Waals surface area (Å²) in [6, 6.07) is 6.48. The molecule has 0 aromatic heterocycles. The summed E-state index contributed by atoms with van der Waals surface area (Å²) in [5.41, 5.74) is 2.79. The van der Waals surface area contributed by atoms with Crippen molar-refractivity contribution >= 4 is 22.9 Å². The summed E-state index contributed by atoms with van der Waals surface area (Å²) >= 11 is 0. The molecule has 4 N–H and O–H groups in total. The number of anilines is 2. The number of aliphatic hydroxyl groups excluding tert-OH is 1. The van der Waals surface area contributed by atoms with Gasteiger partial charge in [0.1, 0.15) is 5.75 Å². The van der Waals surface area contributed by atoms with Crippen LogP contribution in [-0.4, -0.2) is 41.0 Å². The maximum absolute atomic E-state index is 13.5. The van der Waals surface area contributed by atoms with Gasteiger partial charge < -0.3 is 20.8 Å². The SMILES string of the molecule is C=CC1Nc2c(cc(O)c3c2C(=O)c2ccc(NC)cc2C3=O)C2C1CCC[C@H]2O. The van der Waals surface area contributed by atoms with Crippen molar-refractivity contribution in [2.24, 2.45) is 5.92 Å². The summed E-state index contributed by atoms with van der Waals surface area (Å²) in [5.74, 6) is -0.979. The highest BCUT2D eigenvalue weighted by Gasteiger charge is 2.45. The third kappa shape index (κ3) is 2.46. The Morgan fingerprint density at radius 1 is 1.13 bits per heavy atom. The second kappa shape index (κ2) is 6.71. The molecule has 5 rings (SSSR count). The molecule has 0 spiro atoms. The van der Waals surface area contributed by atoms with Crippen LogP contribution in [0.15, 0.2) is 36.9 Å². The van der Waals surface area contributed by atoms with Gasteiger partial charge in [0.25, 0.3) is 0 Å². The van der Waals surface area contributed by atoms with Crippen LogP contribution in [0.1, 0.15) is 62.6 Å². The minimum Gasteiger partial charge on any atom is -0.507 e. The molecule has 3 aliphatic rings. The number of aliphatic hydroxyl groups is 1. The average Bonchev–Trinajstić information content (AvgIpc) is 2.76. The van der Waals surface area contributed by atoms with Gasteiger partial charge in [-0.15, -0.1) is 6.58 Å². The quantitative estimate of drug-likeness (QED) is 0.386. The van der Waals surface area contributed by atoms with E-state index in [1.165, 1.54) is 0 Å². The standard InChI is InChI=1S/C24H24N2O4/c1-3-16-13-5-4-6-17(27)19(13)15-10-18(28)20-21(22(15)26-16)23(29)12-8-7-11(25-2)9-14(12)24(20)30/h3,7-10,13,16-17,19,25-28H,1,4-6H2,2H3/t13?,16?,17-,19?/m1/s1. The number of ketones is 2. The smallest absolute Gasteiger partial charge is 0.198 e. The van der Waals surface area contributed by atoms with Crippen molar-refractivity contribution in [3.63, 3.8) is 0 Å². The summed E-state index contributed by atoms with van der Waals surface area (Å²) in [4.78, 5) is 26.8. The second-order valence-corrected chi connectivity index (χ2v) is 8.37. The number of aromatic hydroxyl groups is 1. The molecule has 6 nitrogen and oxygen atoms in total. The van der Waals surface area contributed by atoms with E-state index in [1.807, 2.05) is 0 Å². The van der Waals surface area contributed by atoms with E-state index >= 15 is 0 Å². The topological polar surface area (TPSA) is 98.7 Å². The Hall–Kier alpha value is -3.12. The fourth-order valence-corrected chi connectivity index (χ4v) is 5.47. The highest BCUT2D eigenvalue weighted by atomic mass is 16.3. The van der Waals surface area contributed by atoms with Crippen LogP contribution in [0.25, 0.3) is 0 Å². The number of hydrogen-bond acceptors (Lipinski definition) is 6. The van der Waals surface area contributed by atoms with E-state index in [2.05, 4.69) is 17.2 Å². The maximum Gasteiger partial charge on any atom is 0.198 e. The molecular weight excluding hydrogens is 380 g/mol. The molecule has 30 heavy (non-hydrogen) atoms. The zero-order valence-electron chi connectivity index (χ0n) is 16.7. The fraction of sp³-hybridized carbons (Fsp3) is 0.333. The Balaban J connectivity index is 1.75. The first kappa shape index (κ1) is 18.9. The summed E-state index contributed by atoms with van der Waals surface area (Å²) < 4.78 is 0. The Morgan fingerprint density at radius 3 is 2.63 bits per heavy atom. The summed E-state index contributed by atoms with van der Waals surface area (Å²) in [5, 5.41) is 28.0. The monoisotopic (exact) mass is 404 g/mol. The van der Waals surface area contributed by atoms with Crippen LogP contribution in [-0.2, 0) is 0 Å². The van der Waals surface area contributed by atoms with Gasteiger partial charge >= 0.3 is 0 Å². The van der Waals surface area contributed by atoms with Gasteiger partial charge in [0.05, 0.1) is 22.9 Å². The molecule has 2 aromatic carbocycles. The van der Waals surface area contributed by atoms with E-state index in [0.29, 0.717) is 28.9 Å². The summed E-state index contributed by atoms with van der Waals surface area (Å²) in [6.07, 6.45) is 3.75. The highest BCUT2D eigenvalue weighted by Crippen LogP contribution is 2.51. The lowest BCUT2D eigenvalue weighted by molar-refractivity contribution is 0.0682. The minimum atomic E-state index is -0.565. The van der Waals surface area contributed by atoms with Crippen LogP contribution in [0.5, 0.6) is 5.75 Å². The van der Waals surface area contributed by atoms with Crippen LogP contribution in [0.2, 0.25) is 0 Å². The predicted molar refractivity (Wildman–Crippen MR) is 115 cm³/mol. The van der Waals surface area contributed by atoms with Crippen molar-refractivity contribution in [3.8, 4) is 5.75 Å². The molecule has 1 heterocycles. The molecule has 0 saturated heterocycles. The molecule has 6 heteroatoms. The van der Waals surface area contributed by atoms with Crippen LogP contribution in [0.3, 0.4) is 0 Å². The van der Waals surface area contributed by atoms with E-state index in [1.54, 1.807) is 37.4 Å². The number of phenolic OH excluding ortho intramolecular Hbond substituents is 1. The van der Waals surface area contributed by atoms with Gasteiger partial charge in [0.15, 0.2) is 11.6 Å². The largest absolute Gasteiger partial charge is 0.507 e. The average molecular weight is 404 g/mol. The lowest BCUT2D eigenvalue weighted by Gasteiger charge is -2.45. The van der Waals surface area contributed by atoms with E-state index < -0.39 is 6.10 Å². The highest BCUT2D eigenvalue weighted by molar-refractivity contribution is 6.31. The lowest BCUT2D eigenvalue weighted by Crippen LogP contribution is -2.44. The van der Waals surface area contributed by atoms with E-state index in [0.717, 1.165) is 12.8 Å². The summed E-state index contributed by atoms with van der Waals surface area (Å²) in [7, 11) is 1.74. The van der Waals surface area contributed by atoms with Gasteiger partial charge in [0.2, 0.25) is 0 Å². The van der Waals surface area contributed by atoms with Crippen LogP contribution < -0.4 is 10.6 Å². The number of rotatable bonds is 2. The number of carbonyl (C=O) groups is 2. The zero-order valence-corrected chi connectivity index (χ0v) is 16.7. The van der Waals surface area contributed by atoms with Gasteiger partial charge in [-0.05, 0) is 48.6 Å². The third-order valence-electron chi connectivity index (χ3n) is 6.89. The number of nitrogens with one attached hydrogen (secondary N) is 2. The molecule has 2 aromatic rings. The number of carbonyl (C=O) groups excluding carboxylic acids is 2. The van der Waals surface area contributed by atoms with Crippen molar-refractivity contribution in [1.82, 2.24) is 0 Å². The molecule has 154 valence electrons. The van der Waals surface area contributed by atoms with Gasteiger partial charge in [-0.25, -0.2) is 0 Å². The van der Waals surface area contributed by atoms with E-state index in [4.69, 9.17) is 0 Å². The molecule has 0 bridgehead atoms. The van der Waals surface area contributed by atoms with Gasteiger partial charge in [-0.1, -0.05) is 12.5 Å². The molecule has 1 fully saturated rings. The Bertz CT molecular complexity index is 1110. The predicted octanol–water partition coefficient (Wildman–Crippen LogP) is 3.43. The van der Waals surface area contributed by atoms with Gasteiger partial charge in [-0.3, -0.25) is 9.59 Å². The number of phenols is 1. The van der Waals surface area contributed by atoms with Gasteiger partial charge in [0, 0.05) is 35.8 Å². The Morgan fingerprint density at radius 2 is 1.90 bits per heavy atom. The van der Waals surface area contributed by atoms with Crippen LogP contribution in [0.4, 0.5) is 11.4 Å². The number of hydrogen-bond donors (Lipinski definition) is 4. The molecule has 0 radical (unpaired) electrons. The van der Waals surface area contributed by atoms with Gasteiger partial charge in [-0.2, -0.15) is 0 Å². The molecular formula is C24H24N2O4. The molecule has 1 saturated carbocycles. The minimum absolute atomic E-state index is 0.0264. The molecule has 1 aliphatic heterocycles. The van der Waals surface area contributed by atoms with E-state index in [9.17, 15) is 19.8 Å². The first-order valence-electron chi connectivity index (χ1n) is 10.3. The molecule has 2 aliphatic carbocycles. The normalized spacial score (nSPS) is 26.6. The number of fused-ring (bicyclic) bond motifs is 6. The van der Waals surface area contributed by atoms with Crippen molar-refractivity contribution in [2.75, 3.05) is 17.7 Å². The number of benzene rings is 2. The molecule has 0 amide bonds. The molecule has 4 atom stereocenters. The fourth-order valence-electron chi connectivity index (χ4n) is 5.47. The van der Waals surface area contributed by atoms with Crippen molar-refractivity contribution in [3.05, 3.63) is 64.7 Å². The first-order valence-corrected chi connectivity index (χ1v) is 10.3. The summed E-state index contributed by atoms with van der Waals surface area (Å²) in [6.45, 7) is 3.94. The van der Waals surface area contributed by atoms with E-state index in [-0.39, 0.29) is 51.9 Å². The lowest BCUT2D eigenvalue weighted by atomic mass is 9.66. The molecule has 3 unspecified atom stereocenters. The third-order valence-corrected chi connectivity index (χ3v) is 6.89. The zero-order chi connectivity index (χ0) is 21.2.